The molecule has 9 nitrogen and oxygen atoms in total. The molecule has 4 N–H and O–H groups in total. The van der Waals surface area contributed by atoms with Crippen molar-refractivity contribution in [2.75, 3.05) is 26.4 Å². The van der Waals surface area contributed by atoms with Crippen LogP contribution in [0.3, 0.4) is 0 Å². The molecule has 0 amide bonds. The minimum Gasteiger partial charge on any atom is -0.457 e. The lowest BCUT2D eigenvalue weighted by molar-refractivity contribution is -0.305. The summed E-state index contributed by atoms with van der Waals surface area (Å²) in [5.74, 6) is -0.310. The van der Waals surface area contributed by atoms with Gasteiger partial charge in [0, 0.05) is 13.0 Å². The van der Waals surface area contributed by atoms with Crippen LogP contribution in [0.2, 0.25) is 0 Å². The summed E-state index contributed by atoms with van der Waals surface area (Å²) < 4.78 is 22.9. The second kappa shape index (κ2) is 44.1. The van der Waals surface area contributed by atoms with Crippen LogP contribution in [0, 0.1) is 0 Å². The van der Waals surface area contributed by atoms with Crippen LogP contribution in [-0.2, 0) is 23.7 Å². The molecule has 0 spiro atoms. The number of aliphatic hydroxyl groups excluding tert-OH is 4. The number of ether oxygens (including phenoxy) is 4. The van der Waals surface area contributed by atoms with Gasteiger partial charge in [0.15, 0.2) is 6.29 Å². The number of aliphatic hydroxyl groups is 4. The molecular weight excluding hydrogens is 769 g/mol. The topological polar surface area (TPSA) is 135 Å². The Balaban J connectivity index is 2.18. The van der Waals surface area contributed by atoms with Gasteiger partial charge in [0.2, 0.25) is 0 Å². The van der Waals surface area contributed by atoms with Crippen LogP contribution in [-0.4, -0.2) is 89.6 Å². The largest absolute Gasteiger partial charge is 0.457 e. The highest BCUT2D eigenvalue weighted by atomic mass is 16.7. The van der Waals surface area contributed by atoms with E-state index in [4.69, 9.17) is 18.9 Å². The zero-order valence-corrected chi connectivity index (χ0v) is 39.9. The first kappa shape index (κ1) is 57.9. The summed E-state index contributed by atoms with van der Waals surface area (Å²) in [4.78, 5) is 12.8. The Labute approximate surface area is 375 Å². The van der Waals surface area contributed by atoms with Crippen molar-refractivity contribution in [1.82, 2.24) is 0 Å². The molecule has 0 saturated carbocycles. The lowest BCUT2D eigenvalue weighted by atomic mass is 9.99. The molecule has 6 atom stereocenters. The Morgan fingerprint density at radius 3 is 1.33 bits per heavy atom. The SMILES string of the molecule is CCCCCCCCCC/C=C\CCCCCCCCCCCC(=O)OC(COCCCCCCCCCCCCCCCCCCC)COC1OC(CO)C(O)C(O)C1O. The van der Waals surface area contributed by atoms with Crippen LogP contribution in [0.15, 0.2) is 12.2 Å². The van der Waals surface area contributed by atoms with E-state index in [1.165, 1.54) is 199 Å². The predicted octanol–water partition coefficient (Wildman–Crippen LogP) is 12.8. The molecule has 0 radical (unpaired) electrons. The fourth-order valence-corrected chi connectivity index (χ4v) is 8.31. The van der Waals surface area contributed by atoms with E-state index in [2.05, 4.69) is 26.0 Å². The summed E-state index contributed by atoms with van der Waals surface area (Å²) in [7, 11) is 0. The van der Waals surface area contributed by atoms with Crippen molar-refractivity contribution in [3.63, 3.8) is 0 Å². The fraction of sp³-hybridized carbons (Fsp3) is 0.942. The monoisotopic (exact) mass is 869 g/mol. The minimum atomic E-state index is -1.53. The quantitative estimate of drug-likeness (QED) is 0.0268. The summed E-state index contributed by atoms with van der Waals surface area (Å²) in [5.41, 5.74) is 0. The Hall–Kier alpha value is -1.07. The number of allylic oxidation sites excluding steroid dienone is 2. The maximum Gasteiger partial charge on any atom is 0.306 e. The van der Waals surface area contributed by atoms with Crippen LogP contribution in [0.25, 0.3) is 0 Å². The Kier molecular flexibility index (Phi) is 41.9. The van der Waals surface area contributed by atoms with Crippen LogP contribution < -0.4 is 0 Å². The van der Waals surface area contributed by atoms with Crippen molar-refractivity contribution in [2.45, 2.75) is 288 Å². The van der Waals surface area contributed by atoms with Gasteiger partial charge in [0.25, 0.3) is 0 Å². The summed E-state index contributed by atoms with van der Waals surface area (Å²) in [6, 6.07) is 0. The number of esters is 1. The molecular formula is C52H100O9. The van der Waals surface area contributed by atoms with E-state index in [-0.39, 0.29) is 19.2 Å². The van der Waals surface area contributed by atoms with E-state index in [0.717, 1.165) is 32.1 Å². The van der Waals surface area contributed by atoms with Crippen LogP contribution in [0.1, 0.15) is 251 Å². The number of unbranched alkanes of at least 4 members (excludes halogenated alkanes) is 33. The maximum absolute atomic E-state index is 12.8. The van der Waals surface area contributed by atoms with Gasteiger partial charge in [0.1, 0.15) is 30.5 Å². The van der Waals surface area contributed by atoms with Gasteiger partial charge in [-0.25, -0.2) is 0 Å². The number of carbonyl (C=O) groups is 1. The standard InChI is InChI=1S/C52H100O9/c1-3-5-7-9-11-13-15-17-19-21-22-23-24-25-27-29-31-33-35-37-39-41-48(54)60-46(45-59-52-51(57)50(56)49(55)47(43-53)61-52)44-58-42-40-38-36-34-32-30-28-26-20-18-16-14-12-10-8-6-4-2/h21-22,46-47,49-53,55-57H,3-20,23-45H2,1-2H3/b22-21-. The van der Waals surface area contributed by atoms with Gasteiger partial charge in [0.05, 0.1) is 19.8 Å². The zero-order valence-electron chi connectivity index (χ0n) is 39.9. The van der Waals surface area contributed by atoms with E-state index < -0.39 is 43.4 Å². The molecule has 362 valence electrons. The highest BCUT2D eigenvalue weighted by Gasteiger charge is 2.44. The highest BCUT2D eigenvalue weighted by Crippen LogP contribution is 2.23. The Morgan fingerprint density at radius 1 is 0.508 bits per heavy atom. The summed E-state index contributed by atoms with van der Waals surface area (Å²) in [5, 5.41) is 40.2. The summed E-state index contributed by atoms with van der Waals surface area (Å²) in [6.45, 7) is 4.61. The second-order valence-corrected chi connectivity index (χ2v) is 18.3. The lowest BCUT2D eigenvalue weighted by Gasteiger charge is -2.39. The normalized spacial score (nSPS) is 19.9. The molecule has 9 heteroatoms. The van der Waals surface area contributed by atoms with E-state index >= 15 is 0 Å². The molecule has 1 aliphatic heterocycles. The Morgan fingerprint density at radius 2 is 0.902 bits per heavy atom. The Bertz CT molecular complexity index is 946. The van der Waals surface area contributed by atoms with Crippen molar-refractivity contribution >= 4 is 5.97 Å². The number of hydrogen-bond donors (Lipinski definition) is 4. The number of hydrogen-bond acceptors (Lipinski definition) is 9. The summed E-state index contributed by atoms with van der Waals surface area (Å²) >= 11 is 0. The zero-order chi connectivity index (χ0) is 44.3. The van der Waals surface area contributed by atoms with E-state index in [1.807, 2.05) is 0 Å². The third kappa shape index (κ3) is 34.9. The molecule has 0 aliphatic carbocycles. The van der Waals surface area contributed by atoms with E-state index in [0.29, 0.717) is 13.0 Å². The van der Waals surface area contributed by atoms with E-state index in [9.17, 15) is 25.2 Å². The first-order valence-electron chi connectivity index (χ1n) is 26.3. The molecule has 0 aromatic rings. The molecule has 1 saturated heterocycles. The van der Waals surface area contributed by atoms with Crippen molar-refractivity contribution in [3.8, 4) is 0 Å². The van der Waals surface area contributed by atoms with Gasteiger partial charge in [-0.15, -0.1) is 0 Å². The molecule has 61 heavy (non-hydrogen) atoms. The third-order valence-electron chi connectivity index (χ3n) is 12.4. The third-order valence-corrected chi connectivity index (χ3v) is 12.4. The van der Waals surface area contributed by atoms with Crippen molar-refractivity contribution in [3.05, 3.63) is 12.2 Å². The van der Waals surface area contributed by atoms with Crippen LogP contribution >= 0.6 is 0 Å². The molecule has 0 aromatic heterocycles. The molecule has 0 bridgehead atoms. The average molecular weight is 869 g/mol. The van der Waals surface area contributed by atoms with Crippen molar-refractivity contribution in [2.24, 2.45) is 0 Å². The van der Waals surface area contributed by atoms with Gasteiger partial charge in [-0.05, 0) is 38.5 Å². The minimum absolute atomic E-state index is 0.108. The number of rotatable bonds is 46. The fourth-order valence-electron chi connectivity index (χ4n) is 8.31. The van der Waals surface area contributed by atoms with Gasteiger partial charge in [-0.1, -0.05) is 219 Å². The lowest BCUT2D eigenvalue weighted by Crippen LogP contribution is -2.59. The van der Waals surface area contributed by atoms with Gasteiger partial charge in [-0.3, -0.25) is 4.79 Å². The maximum atomic E-state index is 12.8. The second-order valence-electron chi connectivity index (χ2n) is 18.3. The average Bonchev–Trinajstić information content (AvgIpc) is 3.26. The molecule has 0 aromatic carbocycles. The molecule has 1 fully saturated rings. The first-order valence-corrected chi connectivity index (χ1v) is 26.3. The number of carbonyl (C=O) groups excluding carboxylic acids is 1. The van der Waals surface area contributed by atoms with Crippen molar-refractivity contribution < 1.29 is 44.2 Å². The van der Waals surface area contributed by atoms with Crippen molar-refractivity contribution in [1.29, 1.82) is 0 Å². The predicted molar refractivity (Wildman–Crippen MR) is 252 cm³/mol. The highest BCUT2D eigenvalue weighted by molar-refractivity contribution is 5.69. The van der Waals surface area contributed by atoms with Gasteiger partial charge >= 0.3 is 5.97 Å². The van der Waals surface area contributed by atoms with Gasteiger partial charge < -0.3 is 39.4 Å². The van der Waals surface area contributed by atoms with Gasteiger partial charge in [-0.2, -0.15) is 0 Å². The van der Waals surface area contributed by atoms with Crippen LogP contribution in [0.4, 0.5) is 0 Å². The molecule has 6 unspecified atom stereocenters. The first-order chi connectivity index (χ1) is 29.9. The summed E-state index contributed by atoms with van der Waals surface area (Å²) in [6.07, 6.45) is 43.9. The van der Waals surface area contributed by atoms with Crippen LogP contribution in [0.5, 0.6) is 0 Å². The molecule has 1 heterocycles. The molecule has 1 aliphatic rings. The van der Waals surface area contributed by atoms with E-state index in [1.54, 1.807) is 0 Å². The molecule has 1 rings (SSSR count). The smallest absolute Gasteiger partial charge is 0.306 e.